The number of rotatable bonds is 2. The van der Waals surface area contributed by atoms with Gasteiger partial charge in [0.1, 0.15) is 27.9 Å². The molecule has 4 heteroatoms. The Morgan fingerprint density at radius 2 is 1.24 bits per heavy atom. The van der Waals surface area contributed by atoms with Crippen molar-refractivity contribution in [3.8, 4) is 22.5 Å². The highest BCUT2D eigenvalue weighted by Crippen LogP contribution is 2.51. The summed E-state index contributed by atoms with van der Waals surface area (Å²) in [6, 6.07) is 44.6. The summed E-state index contributed by atoms with van der Waals surface area (Å²) in [5.74, 6) is -0.771. The number of benzene rings is 6. The second kappa shape index (κ2) is 9.80. The van der Waals surface area contributed by atoms with Gasteiger partial charge in [-0.2, -0.15) is 0 Å². The molecule has 0 saturated heterocycles. The molecular weight excluding hydrogens is 637 g/mol. The first-order chi connectivity index (χ1) is 25.1. The summed E-state index contributed by atoms with van der Waals surface area (Å²) in [6.45, 7) is 11.2. The van der Waals surface area contributed by atoms with E-state index in [0.29, 0.717) is 0 Å². The quantitative estimate of drug-likeness (QED) is 0.101. The summed E-state index contributed by atoms with van der Waals surface area (Å²) in [5, 5.41) is 10.9. The van der Waals surface area contributed by atoms with Crippen LogP contribution in [-0.2, 0) is 5.66 Å². The van der Waals surface area contributed by atoms with Crippen molar-refractivity contribution in [3.05, 3.63) is 150 Å². The van der Waals surface area contributed by atoms with Gasteiger partial charge in [0.15, 0.2) is 12.4 Å². The van der Waals surface area contributed by atoms with Crippen molar-refractivity contribution < 1.29 is 14.9 Å². The summed E-state index contributed by atoms with van der Waals surface area (Å²) in [6.07, 6.45) is 4.66. The Morgan fingerprint density at radius 1 is 0.608 bits per heavy atom. The van der Waals surface area contributed by atoms with E-state index in [1.165, 1.54) is 54.5 Å². The Labute approximate surface area is 299 Å². The van der Waals surface area contributed by atoms with Gasteiger partial charge in [0, 0.05) is 40.9 Å². The lowest BCUT2D eigenvalue weighted by atomic mass is 9.89. The molecule has 0 radical (unpaired) electrons. The minimum atomic E-state index is -1.67. The third-order valence-electron chi connectivity index (χ3n) is 11.8. The Hall–Kier alpha value is -5.58. The third-order valence-corrected chi connectivity index (χ3v) is 13.8. The van der Waals surface area contributed by atoms with Gasteiger partial charge in [0.2, 0.25) is 11.4 Å². The predicted octanol–water partition coefficient (Wildman–Crippen LogP) is 10.5. The van der Waals surface area contributed by atoms with Crippen molar-refractivity contribution in [2.45, 2.75) is 45.0 Å². The Bertz CT molecular complexity index is 3020. The smallest absolute Gasteiger partial charge is 0.417 e. The van der Waals surface area contributed by atoms with Crippen LogP contribution in [0.25, 0.3) is 76.8 Å². The standard InChI is InChI=1S/C47H38N2OSi/c1-28(2)29-24-25-48-42(26-29)44-40(47(48)39-17-11-10-16-38(39)41-23-18-30(27-49(41)47)51(3,4)5)22-21-37-36-20-19-35-33-14-7-6-12-31(33)32-13-8-9-15-34(32)43(35)45(36)50-46(37)44/h6-28H,1-5H3/q+2/i28D. The number of nitrogens with zero attached hydrogens (tertiary/aromatic N) is 2. The van der Waals surface area contributed by atoms with Gasteiger partial charge in [-0.15, -0.1) is 9.13 Å². The second-order valence-electron chi connectivity index (χ2n) is 15.7. The van der Waals surface area contributed by atoms with Crippen molar-refractivity contribution in [2.75, 3.05) is 0 Å². The summed E-state index contributed by atoms with van der Waals surface area (Å²) in [5.41, 5.74) is 9.23. The summed E-state index contributed by atoms with van der Waals surface area (Å²) < 4.78 is 21.4. The first-order valence-electron chi connectivity index (χ1n) is 18.5. The Balaban J connectivity index is 1.33. The zero-order chi connectivity index (χ0) is 35.3. The minimum absolute atomic E-state index is 0.658. The molecular formula is C47H38N2OSi+2. The van der Waals surface area contributed by atoms with E-state index in [1.54, 1.807) is 0 Å². The second-order valence-corrected chi connectivity index (χ2v) is 20.8. The average molecular weight is 676 g/mol. The molecule has 0 N–H and O–H groups in total. The van der Waals surface area contributed by atoms with Crippen molar-refractivity contribution >= 4 is 67.5 Å². The average Bonchev–Trinajstić information content (AvgIpc) is 3.77. The highest BCUT2D eigenvalue weighted by Gasteiger charge is 2.67. The molecule has 2 aliphatic rings. The van der Waals surface area contributed by atoms with Crippen LogP contribution in [0.1, 0.15) is 37.8 Å². The summed E-state index contributed by atoms with van der Waals surface area (Å²) in [4.78, 5) is 0. The fourth-order valence-electron chi connectivity index (χ4n) is 9.34. The molecule has 11 rings (SSSR count). The Morgan fingerprint density at radius 3 is 1.98 bits per heavy atom. The lowest BCUT2D eigenvalue weighted by molar-refractivity contribution is -0.954. The summed E-state index contributed by atoms with van der Waals surface area (Å²) in [7, 11) is -1.67. The van der Waals surface area contributed by atoms with Gasteiger partial charge in [0.05, 0.1) is 13.6 Å². The number of fused-ring (bicyclic) bond motifs is 21. The van der Waals surface area contributed by atoms with Gasteiger partial charge in [-0.3, -0.25) is 0 Å². The molecule has 1 spiro atoms. The maximum atomic E-state index is 9.10. The van der Waals surface area contributed by atoms with Crippen LogP contribution in [0.15, 0.2) is 138 Å². The lowest BCUT2D eigenvalue weighted by Crippen LogP contribution is -2.72. The number of pyridine rings is 2. The van der Waals surface area contributed by atoms with Crippen LogP contribution < -0.4 is 14.3 Å². The molecule has 9 aromatic rings. The molecule has 0 amide bonds. The lowest BCUT2D eigenvalue weighted by Gasteiger charge is -2.20. The van der Waals surface area contributed by atoms with Crippen LogP contribution in [0.4, 0.5) is 0 Å². The van der Waals surface area contributed by atoms with Gasteiger partial charge in [0.25, 0.3) is 0 Å². The fourth-order valence-corrected chi connectivity index (χ4v) is 10.4. The molecule has 244 valence electrons. The van der Waals surface area contributed by atoms with Gasteiger partial charge in [-0.05, 0) is 68.7 Å². The number of aromatic nitrogens is 2. The molecule has 3 nitrogen and oxygen atoms in total. The van der Waals surface area contributed by atoms with E-state index in [0.717, 1.165) is 44.1 Å². The van der Waals surface area contributed by atoms with E-state index in [1.807, 2.05) is 13.8 Å². The van der Waals surface area contributed by atoms with Crippen molar-refractivity contribution in [2.24, 2.45) is 0 Å². The molecule has 0 aliphatic carbocycles. The summed E-state index contributed by atoms with van der Waals surface area (Å²) >= 11 is 0. The molecule has 6 aromatic carbocycles. The Kier molecular flexibility index (Phi) is 5.41. The van der Waals surface area contributed by atoms with E-state index in [9.17, 15) is 0 Å². The van der Waals surface area contributed by atoms with Crippen molar-refractivity contribution in [1.29, 1.82) is 0 Å². The maximum Gasteiger partial charge on any atom is 0.417 e. The van der Waals surface area contributed by atoms with Gasteiger partial charge in [-0.1, -0.05) is 106 Å². The van der Waals surface area contributed by atoms with Crippen LogP contribution in [0.5, 0.6) is 0 Å². The number of hydrogen-bond donors (Lipinski definition) is 0. The monoisotopic (exact) mass is 675 g/mol. The van der Waals surface area contributed by atoms with E-state index in [-0.39, 0.29) is 0 Å². The number of furan rings is 1. The van der Waals surface area contributed by atoms with Crippen LogP contribution in [-0.4, -0.2) is 8.07 Å². The molecule has 1 atom stereocenters. The fraction of sp³-hybridized carbons (Fsp3) is 0.149. The van der Waals surface area contributed by atoms with E-state index < -0.39 is 19.6 Å². The van der Waals surface area contributed by atoms with Gasteiger partial charge in [-0.25, -0.2) is 0 Å². The molecule has 1 unspecified atom stereocenters. The molecule has 0 saturated carbocycles. The highest BCUT2D eigenvalue weighted by molar-refractivity contribution is 6.88. The molecule has 51 heavy (non-hydrogen) atoms. The van der Waals surface area contributed by atoms with Crippen LogP contribution >= 0.6 is 0 Å². The largest absolute Gasteiger partial charge is 0.454 e. The maximum absolute atomic E-state index is 9.10. The number of hydrogen-bond acceptors (Lipinski definition) is 1. The van der Waals surface area contributed by atoms with E-state index in [4.69, 9.17) is 5.79 Å². The third kappa shape index (κ3) is 3.58. The first kappa shape index (κ1) is 28.2. The molecule has 0 fully saturated rings. The zero-order valence-electron chi connectivity index (χ0n) is 30.5. The van der Waals surface area contributed by atoms with Crippen LogP contribution in [0.3, 0.4) is 0 Å². The molecule has 0 bridgehead atoms. The topological polar surface area (TPSA) is 20.9 Å². The predicted molar refractivity (Wildman–Crippen MR) is 213 cm³/mol. The van der Waals surface area contributed by atoms with Gasteiger partial charge >= 0.3 is 5.66 Å². The van der Waals surface area contributed by atoms with E-state index in [2.05, 4.69) is 162 Å². The van der Waals surface area contributed by atoms with Crippen LogP contribution in [0.2, 0.25) is 19.6 Å². The van der Waals surface area contributed by atoms with Crippen molar-refractivity contribution in [1.82, 2.24) is 0 Å². The highest BCUT2D eigenvalue weighted by atomic mass is 28.3. The minimum Gasteiger partial charge on any atom is -0.454 e. The molecule has 3 aromatic heterocycles. The van der Waals surface area contributed by atoms with E-state index >= 15 is 0 Å². The molecule has 2 aliphatic heterocycles. The van der Waals surface area contributed by atoms with Crippen LogP contribution in [0, 0.1) is 0 Å². The zero-order valence-corrected chi connectivity index (χ0v) is 30.5. The molecule has 5 heterocycles. The van der Waals surface area contributed by atoms with Crippen molar-refractivity contribution in [3.63, 3.8) is 0 Å². The normalized spacial score (nSPS) is 16.7. The SMILES string of the molecule is [2H]C(C)(C)c1cc[n+]2c(c1)-c1c(ccc3c1oc1c3ccc3c4ccccc4c4ccccc4c31)C21c2ccccc2-c2ccc([Si](C)(C)C)c[n+]21. The first-order valence-corrected chi connectivity index (χ1v) is 21.5. The van der Waals surface area contributed by atoms with Gasteiger partial charge < -0.3 is 4.42 Å².